The van der Waals surface area contributed by atoms with Crippen molar-refractivity contribution in [3.8, 4) is 0 Å². The van der Waals surface area contributed by atoms with Crippen molar-refractivity contribution in [2.45, 2.75) is 57.2 Å². The van der Waals surface area contributed by atoms with E-state index in [4.69, 9.17) is 16.7 Å². The van der Waals surface area contributed by atoms with Gasteiger partial charge in [-0.2, -0.15) is 0 Å². The van der Waals surface area contributed by atoms with Gasteiger partial charge in [-0.15, -0.1) is 11.6 Å². The highest BCUT2D eigenvalue weighted by molar-refractivity contribution is 6.18. The molecule has 148 valence electrons. The van der Waals surface area contributed by atoms with E-state index in [2.05, 4.69) is 50.2 Å². The molecule has 3 N–H and O–H groups in total. The molecule has 3 nitrogen and oxygen atoms in total. The van der Waals surface area contributed by atoms with E-state index in [1.165, 1.54) is 22.3 Å². The minimum absolute atomic E-state index is 0.172. The fourth-order valence-electron chi connectivity index (χ4n) is 3.42. The first-order valence-corrected chi connectivity index (χ1v) is 10.1. The van der Waals surface area contributed by atoms with Crippen LogP contribution >= 0.6 is 11.6 Å². The molecule has 0 aromatic heterocycles. The second kappa shape index (κ2) is 10.2. The summed E-state index contributed by atoms with van der Waals surface area (Å²) in [6, 6.07) is 16.9. The van der Waals surface area contributed by atoms with Crippen LogP contribution in [0.2, 0.25) is 0 Å². The molecule has 0 amide bonds. The van der Waals surface area contributed by atoms with Crippen molar-refractivity contribution in [2.24, 2.45) is 0 Å². The zero-order chi connectivity index (χ0) is 19.9. The average Bonchev–Trinajstić information content (AvgIpc) is 2.70. The topological polar surface area (TPSA) is 60.7 Å². The second-order valence-corrected chi connectivity index (χ2v) is 8.01. The summed E-state index contributed by atoms with van der Waals surface area (Å²) in [6.07, 6.45) is 1.63. The van der Waals surface area contributed by atoms with Crippen LogP contribution in [-0.2, 0) is 18.3 Å². The quantitative estimate of drug-likeness (QED) is 0.540. The summed E-state index contributed by atoms with van der Waals surface area (Å²) < 4.78 is 0. The van der Waals surface area contributed by atoms with Crippen LogP contribution in [0, 0.1) is 0 Å². The lowest BCUT2D eigenvalue weighted by molar-refractivity contribution is 0.0885. The van der Waals surface area contributed by atoms with Gasteiger partial charge in [-0.05, 0) is 47.9 Å². The molecule has 0 saturated carbocycles. The first-order chi connectivity index (χ1) is 12.9. The van der Waals surface area contributed by atoms with Crippen LogP contribution in [0.3, 0.4) is 0 Å². The van der Waals surface area contributed by atoms with Gasteiger partial charge in [0.15, 0.2) is 0 Å². The number of halogens is 1. The molecular weight excluding hydrogens is 360 g/mol. The molecule has 1 unspecified atom stereocenters. The van der Waals surface area contributed by atoms with E-state index in [0.717, 1.165) is 12.8 Å². The molecule has 2 atom stereocenters. The van der Waals surface area contributed by atoms with E-state index < -0.39 is 12.2 Å². The zero-order valence-electron chi connectivity index (χ0n) is 16.2. The van der Waals surface area contributed by atoms with Gasteiger partial charge in [-0.1, -0.05) is 62.4 Å². The van der Waals surface area contributed by atoms with Gasteiger partial charge in [-0.3, -0.25) is 0 Å². The van der Waals surface area contributed by atoms with Crippen LogP contribution < -0.4 is 0 Å². The Labute approximate surface area is 167 Å². The van der Waals surface area contributed by atoms with Gasteiger partial charge in [0, 0.05) is 11.3 Å². The average molecular weight is 391 g/mol. The Bertz CT molecular complexity index is 697. The Morgan fingerprint density at radius 1 is 0.889 bits per heavy atom. The summed E-state index contributed by atoms with van der Waals surface area (Å²) in [5.74, 6) is 0.271. The maximum Gasteiger partial charge on any atom is 0.0774 e. The number of alkyl halides is 1. The van der Waals surface area contributed by atoms with Crippen LogP contribution in [0.1, 0.15) is 48.9 Å². The molecule has 0 aliphatic carbocycles. The highest BCUT2D eigenvalue weighted by Gasteiger charge is 2.25. The second-order valence-electron chi connectivity index (χ2n) is 7.70. The lowest BCUT2D eigenvalue weighted by atomic mass is 9.75. The fraction of sp³-hybridized carbons (Fsp3) is 0.478. The Kier molecular flexibility index (Phi) is 8.30. The molecular formula is C23H31ClO3. The molecule has 0 aliphatic rings. The van der Waals surface area contributed by atoms with E-state index >= 15 is 0 Å². The normalized spacial score (nSPS) is 14.1. The number of hydrogen-bond acceptors (Lipinski definition) is 3. The molecule has 0 aliphatic heterocycles. The van der Waals surface area contributed by atoms with Crippen LogP contribution in [0.5, 0.6) is 0 Å². The molecule has 2 aromatic rings. The maximum absolute atomic E-state index is 9.69. The van der Waals surface area contributed by atoms with Gasteiger partial charge in [0.05, 0.1) is 18.8 Å². The van der Waals surface area contributed by atoms with E-state index in [9.17, 15) is 10.2 Å². The number of rotatable bonds is 10. The Hall–Kier alpha value is -1.39. The zero-order valence-corrected chi connectivity index (χ0v) is 17.0. The molecule has 2 rings (SSSR count). The summed E-state index contributed by atoms with van der Waals surface area (Å²) in [6.45, 7) is 4.21. The van der Waals surface area contributed by atoms with Crippen molar-refractivity contribution in [3.05, 3.63) is 70.8 Å². The maximum atomic E-state index is 9.69. The number of aliphatic hydroxyl groups excluding tert-OH is 3. The Morgan fingerprint density at radius 3 is 2.15 bits per heavy atom. The summed E-state index contributed by atoms with van der Waals surface area (Å²) in [5, 5.41) is 28.4. The van der Waals surface area contributed by atoms with Gasteiger partial charge in [-0.25, -0.2) is 0 Å². The lowest BCUT2D eigenvalue weighted by Crippen LogP contribution is -2.22. The third kappa shape index (κ3) is 6.05. The Morgan fingerprint density at radius 2 is 1.52 bits per heavy atom. The smallest absolute Gasteiger partial charge is 0.0774 e. The number of aryl methyl sites for hydroxylation is 2. The van der Waals surface area contributed by atoms with Crippen LogP contribution in [0.4, 0.5) is 0 Å². The monoisotopic (exact) mass is 390 g/mol. The van der Waals surface area contributed by atoms with E-state index in [-0.39, 0.29) is 17.9 Å². The van der Waals surface area contributed by atoms with Gasteiger partial charge < -0.3 is 15.3 Å². The van der Waals surface area contributed by atoms with Crippen molar-refractivity contribution in [1.82, 2.24) is 0 Å². The third-order valence-corrected chi connectivity index (χ3v) is 5.62. The fourth-order valence-corrected chi connectivity index (χ4v) is 3.57. The van der Waals surface area contributed by atoms with Crippen molar-refractivity contribution in [1.29, 1.82) is 0 Å². The molecule has 2 aromatic carbocycles. The summed E-state index contributed by atoms with van der Waals surface area (Å²) in [5.41, 5.74) is 4.68. The highest BCUT2D eigenvalue weighted by Crippen LogP contribution is 2.34. The predicted octanol–water partition coefficient (Wildman–Crippen LogP) is 3.83. The third-order valence-electron chi connectivity index (χ3n) is 5.27. The molecule has 4 heteroatoms. The standard InChI is InChI=1S/C23H31ClO3/c1-23(2,19-11-7-17(8-12-19)9-13-20(26)15-24)22-6-4-3-5-18(22)10-14-21(27)16-25/h3-8,11-12,20-21,25-27H,9-10,13-16H2,1-2H3/t20-,21?/m1/s1. The first kappa shape index (κ1) is 21.9. The minimum Gasteiger partial charge on any atom is -0.394 e. The van der Waals surface area contributed by atoms with Crippen LogP contribution in [-0.4, -0.2) is 40.0 Å². The summed E-state index contributed by atoms with van der Waals surface area (Å²) in [7, 11) is 0. The van der Waals surface area contributed by atoms with Crippen molar-refractivity contribution >= 4 is 11.6 Å². The molecule has 0 saturated heterocycles. The van der Waals surface area contributed by atoms with Crippen molar-refractivity contribution < 1.29 is 15.3 Å². The highest BCUT2D eigenvalue weighted by atomic mass is 35.5. The first-order valence-electron chi connectivity index (χ1n) is 9.59. The van der Waals surface area contributed by atoms with Crippen molar-refractivity contribution in [2.75, 3.05) is 12.5 Å². The molecule has 0 bridgehead atoms. The molecule has 0 radical (unpaired) electrons. The number of benzene rings is 2. The van der Waals surface area contributed by atoms with E-state index in [1.807, 2.05) is 12.1 Å². The molecule has 0 fully saturated rings. The molecule has 27 heavy (non-hydrogen) atoms. The number of aliphatic hydroxyl groups is 3. The van der Waals surface area contributed by atoms with Gasteiger partial charge in [0.25, 0.3) is 0 Å². The minimum atomic E-state index is -0.677. The van der Waals surface area contributed by atoms with Crippen molar-refractivity contribution in [3.63, 3.8) is 0 Å². The van der Waals surface area contributed by atoms with E-state index in [1.54, 1.807) is 0 Å². The Balaban J connectivity index is 2.18. The molecule has 0 spiro atoms. The largest absolute Gasteiger partial charge is 0.394 e. The van der Waals surface area contributed by atoms with Gasteiger partial charge in [0.1, 0.15) is 0 Å². The predicted molar refractivity (Wildman–Crippen MR) is 111 cm³/mol. The van der Waals surface area contributed by atoms with Gasteiger partial charge in [0.2, 0.25) is 0 Å². The van der Waals surface area contributed by atoms with E-state index in [0.29, 0.717) is 12.8 Å². The molecule has 0 heterocycles. The SMILES string of the molecule is CC(C)(c1ccc(CC[C@@H](O)CCl)cc1)c1ccccc1CCC(O)CO. The summed E-state index contributed by atoms with van der Waals surface area (Å²) in [4.78, 5) is 0. The number of hydrogen-bond donors (Lipinski definition) is 3. The van der Waals surface area contributed by atoms with Crippen LogP contribution in [0.15, 0.2) is 48.5 Å². The summed E-state index contributed by atoms with van der Waals surface area (Å²) >= 11 is 5.66. The van der Waals surface area contributed by atoms with Gasteiger partial charge >= 0.3 is 0 Å². The van der Waals surface area contributed by atoms with Crippen LogP contribution in [0.25, 0.3) is 0 Å². The lowest BCUT2D eigenvalue weighted by Gasteiger charge is -2.29.